The molecule has 0 bridgehead atoms. The maximum atomic E-state index is 5.75. The summed E-state index contributed by atoms with van der Waals surface area (Å²) in [6.07, 6.45) is 2.43. The first-order chi connectivity index (χ1) is 6.29. The lowest BCUT2D eigenvalue weighted by Gasteiger charge is -2.25. The lowest BCUT2D eigenvalue weighted by Crippen LogP contribution is -2.39. The SMILES string of the molecule is COCCCN1CCC(C)C1CN. The first kappa shape index (κ1) is 11.0. The molecule has 1 rings (SSSR count). The second-order valence-corrected chi connectivity index (χ2v) is 3.95. The molecule has 0 spiro atoms. The highest BCUT2D eigenvalue weighted by Gasteiger charge is 2.28. The summed E-state index contributed by atoms with van der Waals surface area (Å²) in [6, 6.07) is 0.608. The first-order valence-corrected chi connectivity index (χ1v) is 5.22. The molecular formula is C10H22N2O. The predicted octanol–water partition coefficient (Wildman–Crippen LogP) is 0.692. The highest BCUT2D eigenvalue weighted by atomic mass is 16.5. The van der Waals surface area contributed by atoms with Crippen LogP contribution in [-0.4, -0.2) is 44.3 Å². The molecule has 1 saturated heterocycles. The van der Waals surface area contributed by atoms with Gasteiger partial charge in [-0.3, -0.25) is 4.90 Å². The quantitative estimate of drug-likeness (QED) is 0.642. The molecule has 2 N–H and O–H groups in total. The van der Waals surface area contributed by atoms with Crippen LogP contribution in [0.3, 0.4) is 0 Å². The van der Waals surface area contributed by atoms with Gasteiger partial charge in [-0.2, -0.15) is 0 Å². The van der Waals surface area contributed by atoms with E-state index in [1.54, 1.807) is 7.11 Å². The van der Waals surface area contributed by atoms with Crippen molar-refractivity contribution in [2.45, 2.75) is 25.8 Å². The third-order valence-electron chi connectivity index (χ3n) is 3.03. The predicted molar refractivity (Wildman–Crippen MR) is 54.7 cm³/mol. The van der Waals surface area contributed by atoms with E-state index >= 15 is 0 Å². The zero-order valence-electron chi connectivity index (χ0n) is 8.83. The Morgan fingerprint density at radius 1 is 1.54 bits per heavy atom. The zero-order valence-corrected chi connectivity index (χ0v) is 8.83. The monoisotopic (exact) mass is 186 g/mol. The van der Waals surface area contributed by atoms with Crippen molar-refractivity contribution in [3.8, 4) is 0 Å². The largest absolute Gasteiger partial charge is 0.385 e. The molecule has 0 radical (unpaired) electrons. The lowest BCUT2D eigenvalue weighted by molar-refractivity contribution is 0.163. The fourth-order valence-electron chi connectivity index (χ4n) is 2.16. The van der Waals surface area contributed by atoms with Gasteiger partial charge in [0.1, 0.15) is 0 Å². The van der Waals surface area contributed by atoms with Crippen LogP contribution < -0.4 is 5.73 Å². The second-order valence-electron chi connectivity index (χ2n) is 3.95. The molecule has 1 aliphatic rings. The van der Waals surface area contributed by atoms with Crippen molar-refractivity contribution in [2.75, 3.05) is 33.4 Å². The van der Waals surface area contributed by atoms with E-state index in [1.807, 2.05) is 0 Å². The van der Waals surface area contributed by atoms with Crippen molar-refractivity contribution in [1.29, 1.82) is 0 Å². The summed E-state index contributed by atoms with van der Waals surface area (Å²) in [5, 5.41) is 0. The van der Waals surface area contributed by atoms with Crippen LogP contribution in [0.5, 0.6) is 0 Å². The van der Waals surface area contributed by atoms with Gasteiger partial charge in [-0.25, -0.2) is 0 Å². The number of methoxy groups -OCH3 is 1. The van der Waals surface area contributed by atoms with Crippen LogP contribution in [0.25, 0.3) is 0 Å². The van der Waals surface area contributed by atoms with Crippen LogP contribution in [0, 0.1) is 5.92 Å². The van der Waals surface area contributed by atoms with Gasteiger partial charge in [-0.1, -0.05) is 6.92 Å². The molecule has 1 heterocycles. The third-order valence-corrected chi connectivity index (χ3v) is 3.03. The Morgan fingerprint density at radius 2 is 2.31 bits per heavy atom. The van der Waals surface area contributed by atoms with Crippen molar-refractivity contribution < 1.29 is 4.74 Å². The van der Waals surface area contributed by atoms with Crippen LogP contribution in [0.2, 0.25) is 0 Å². The number of hydrogen-bond donors (Lipinski definition) is 1. The second kappa shape index (κ2) is 5.58. The normalized spacial score (nSPS) is 29.8. The minimum Gasteiger partial charge on any atom is -0.385 e. The Bertz CT molecular complexity index is 141. The Labute approximate surface area is 81.2 Å². The minimum absolute atomic E-state index is 0.608. The molecule has 0 amide bonds. The van der Waals surface area contributed by atoms with Crippen molar-refractivity contribution in [3.63, 3.8) is 0 Å². The summed E-state index contributed by atoms with van der Waals surface area (Å²) in [5.41, 5.74) is 5.75. The van der Waals surface area contributed by atoms with Gasteiger partial charge in [0.15, 0.2) is 0 Å². The van der Waals surface area contributed by atoms with E-state index in [1.165, 1.54) is 13.0 Å². The average molecular weight is 186 g/mol. The van der Waals surface area contributed by atoms with Gasteiger partial charge in [0.2, 0.25) is 0 Å². The van der Waals surface area contributed by atoms with E-state index in [0.717, 1.165) is 32.0 Å². The number of nitrogens with two attached hydrogens (primary N) is 1. The number of ether oxygens (including phenoxy) is 1. The van der Waals surface area contributed by atoms with E-state index in [4.69, 9.17) is 10.5 Å². The minimum atomic E-state index is 0.608. The highest BCUT2D eigenvalue weighted by molar-refractivity contribution is 4.84. The molecule has 0 aromatic heterocycles. The van der Waals surface area contributed by atoms with Crippen molar-refractivity contribution in [3.05, 3.63) is 0 Å². The van der Waals surface area contributed by atoms with Crippen LogP contribution in [-0.2, 0) is 4.74 Å². The molecule has 0 saturated carbocycles. The van der Waals surface area contributed by atoms with Crippen LogP contribution in [0.4, 0.5) is 0 Å². The molecule has 3 heteroatoms. The molecule has 0 aromatic carbocycles. The number of likely N-dealkylation sites (tertiary alicyclic amines) is 1. The zero-order chi connectivity index (χ0) is 9.68. The molecule has 1 aliphatic heterocycles. The Morgan fingerprint density at radius 3 is 2.92 bits per heavy atom. The molecule has 3 nitrogen and oxygen atoms in total. The number of nitrogens with zero attached hydrogens (tertiary/aromatic N) is 1. The molecule has 13 heavy (non-hydrogen) atoms. The number of rotatable bonds is 5. The lowest BCUT2D eigenvalue weighted by atomic mass is 10.0. The smallest absolute Gasteiger partial charge is 0.0474 e. The van der Waals surface area contributed by atoms with Gasteiger partial charge in [-0.15, -0.1) is 0 Å². The summed E-state index contributed by atoms with van der Waals surface area (Å²) in [5.74, 6) is 0.771. The van der Waals surface area contributed by atoms with E-state index in [-0.39, 0.29) is 0 Å². The van der Waals surface area contributed by atoms with E-state index in [0.29, 0.717) is 6.04 Å². The van der Waals surface area contributed by atoms with E-state index in [9.17, 15) is 0 Å². The number of hydrogen-bond acceptors (Lipinski definition) is 3. The van der Waals surface area contributed by atoms with Crippen molar-refractivity contribution in [1.82, 2.24) is 4.90 Å². The van der Waals surface area contributed by atoms with Crippen LogP contribution in [0.1, 0.15) is 19.8 Å². The van der Waals surface area contributed by atoms with Gasteiger partial charge in [0.05, 0.1) is 0 Å². The summed E-state index contributed by atoms with van der Waals surface area (Å²) in [6.45, 7) is 6.32. The molecule has 2 atom stereocenters. The maximum absolute atomic E-state index is 5.75. The molecule has 78 valence electrons. The molecular weight excluding hydrogens is 164 g/mol. The van der Waals surface area contributed by atoms with E-state index in [2.05, 4.69) is 11.8 Å². The van der Waals surface area contributed by atoms with Gasteiger partial charge < -0.3 is 10.5 Å². The van der Waals surface area contributed by atoms with Crippen molar-refractivity contribution in [2.24, 2.45) is 11.7 Å². The van der Waals surface area contributed by atoms with Gasteiger partial charge in [0.25, 0.3) is 0 Å². The Hall–Kier alpha value is -0.120. The van der Waals surface area contributed by atoms with Crippen LogP contribution >= 0.6 is 0 Å². The van der Waals surface area contributed by atoms with Gasteiger partial charge >= 0.3 is 0 Å². The topological polar surface area (TPSA) is 38.5 Å². The first-order valence-electron chi connectivity index (χ1n) is 5.22. The third kappa shape index (κ3) is 2.93. The maximum Gasteiger partial charge on any atom is 0.0474 e. The summed E-state index contributed by atoms with van der Waals surface area (Å²) >= 11 is 0. The summed E-state index contributed by atoms with van der Waals surface area (Å²) < 4.78 is 5.04. The van der Waals surface area contributed by atoms with Gasteiger partial charge in [0, 0.05) is 32.8 Å². The fourth-order valence-corrected chi connectivity index (χ4v) is 2.16. The molecule has 0 aromatic rings. The van der Waals surface area contributed by atoms with E-state index < -0.39 is 0 Å². The highest BCUT2D eigenvalue weighted by Crippen LogP contribution is 2.22. The average Bonchev–Trinajstić information content (AvgIpc) is 2.47. The van der Waals surface area contributed by atoms with Crippen LogP contribution in [0.15, 0.2) is 0 Å². The fraction of sp³-hybridized carbons (Fsp3) is 1.00. The van der Waals surface area contributed by atoms with Crippen molar-refractivity contribution >= 4 is 0 Å². The molecule has 2 unspecified atom stereocenters. The van der Waals surface area contributed by atoms with Gasteiger partial charge in [-0.05, 0) is 25.3 Å². The molecule has 0 aliphatic carbocycles. The summed E-state index contributed by atoms with van der Waals surface area (Å²) in [7, 11) is 1.76. The Balaban J connectivity index is 2.24. The molecule has 1 fully saturated rings. The standard InChI is InChI=1S/C10H22N2O/c1-9-4-6-12(10(9)8-11)5-3-7-13-2/h9-10H,3-8,11H2,1-2H3. The summed E-state index contributed by atoms with van der Waals surface area (Å²) in [4.78, 5) is 2.50. The Kier molecular flexibility index (Phi) is 4.70.